The largest absolute Gasteiger partial charge is 0.330 e. The number of benzene rings is 1. The zero-order valence-corrected chi connectivity index (χ0v) is 11.6. The summed E-state index contributed by atoms with van der Waals surface area (Å²) in [7, 11) is 0. The van der Waals surface area contributed by atoms with Crippen LogP contribution in [-0.2, 0) is 6.42 Å². The number of rotatable bonds is 2. The molecule has 0 radical (unpaired) electrons. The van der Waals surface area contributed by atoms with Crippen LogP contribution in [0.15, 0.2) is 18.2 Å². The Balaban J connectivity index is 1.96. The van der Waals surface area contributed by atoms with Crippen molar-refractivity contribution < 1.29 is 4.39 Å². The highest BCUT2D eigenvalue weighted by Gasteiger charge is 2.35. The molecular weight excluding hydrogens is 237 g/mol. The lowest BCUT2D eigenvalue weighted by molar-refractivity contribution is 0.225. The zero-order valence-electron chi connectivity index (χ0n) is 11.6. The summed E-state index contributed by atoms with van der Waals surface area (Å²) in [5.41, 5.74) is 8.25. The van der Waals surface area contributed by atoms with Crippen LogP contribution >= 0.6 is 0 Å². The summed E-state index contributed by atoms with van der Waals surface area (Å²) in [6.07, 6.45) is 8.58. The maximum Gasteiger partial charge on any atom is 0.126 e. The number of hydrogen-bond acceptors (Lipinski definition) is 1. The lowest BCUT2D eigenvalue weighted by Gasteiger charge is -2.40. The molecule has 2 aliphatic carbocycles. The van der Waals surface area contributed by atoms with Crippen molar-refractivity contribution in [2.75, 3.05) is 6.54 Å². The standard InChI is InChI=1S/C17H24FN/c18-16-8-4-7-15-14(16)10-9-13(11-19)17(15)12-5-2-1-3-6-12/h4,7-8,12-13,17H,1-3,5-6,9-11,19H2. The van der Waals surface area contributed by atoms with Gasteiger partial charge in [-0.1, -0.05) is 31.4 Å². The molecule has 1 aromatic carbocycles. The van der Waals surface area contributed by atoms with Gasteiger partial charge in [0, 0.05) is 0 Å². The van der Waals surface area contributed by atoms with E-state index < -0.39 is 0 Å². The zero-order chi connectivity index (χ0) is 13.2. The Morgan fingerprint density at radius 2 is 1.89 bits per heavy atom. The fraction of sp³-hybridized carbons (Fsp3) is 0.647. The van der Waals surface area contributed by atoms with Crippen molar-refractivity contribution in [1.29, 1.82) is 0 Å². The molecule has 0 spiro atoms. The molecule has 2 heteroatoms. The molecule has 1 saturated carbocycles. The minimum atomic E-state index is -0.00576. The van der Waals surface area contributed by atoms with Gasteiger partial charge in [-0.3, -0.25) is 0 Å². The smallest absolute Gasteiger partial charge is 0.126 e. The average molecular weight is 261 g/mol. The first-order chi connectivity index (χ1) is 9.31. The van der Waals surface area contributed by atoms with E-state index in [9.17, 15) is 4.39 Å². The summed E-state index contributed by atoms with van der Waals surface area (Å²) in [5.74, 6) is 1.78. The Hall–Kier alpha value is -0.890. The summed E-state index contributed by atoms with van der Waals surface area (Å²) in [6, 6.07) is 5.64. The molecule has 1 fully saturated rings. The van der Waals surface area contributed by atoms with E-state index in [0.717, 1.165) is 30.9 Å². The summed E-state index contributed by atoms with van der Waals surface area (Å²) < 4.78 is 14.0. The second-order valence-electron chi connectivity index (χ2n) is 6.27. The van der Waals surface area contributed by atoms with Gasteiger partial charge in [-0.15, -0.1) is 0 Å². The molecule has 19 heavy (non-hydrogen) atoms. The second-order valence-corrected chi connectivity index (χ2v) is 6.27. The van der Waals surface area contributed by atoms with E-state index in [0.29, 0.717) is 11.8 Å². The highest BCUT2D eigenvalue weighted by Crippen LogP contribution is 2.46. The van der Waals surface area contributed by atoms with Crippen LogP contribution in [0, 0.1) is 17.7 Å². The Morgan fingerprint density at radius 1 is 1.11 bits per heavy atom. The van der Waals surface area contributed by atoms with Crippen molar-refractivity contribution in [3.63, 3.8) is 0 Å². The van der Waals surface area contributed by atoms with E-state index in [-0.39, 0.29) is 5.82 Å². The maximum atomic E-state index is 14.0. The average Bonchev–Trinajstić information content (AvgIpc) is 2.47. The van der Waals surface area contributed by atoms with Crippen molar-refractivity contribution in [3.8, 4) is 0 Å². The van der Waals surface area contributed by atoms with Gasteiger partial charge in [0.25, 0.3) is 0 Å². The molecule has 2 atom stereocenters. The van der Waals surface area contributed by atoms with Crippen molar-refractivity contribution in [1.82, 2.24) is 0 Å². The lowest BCUT2D eigenvalue weighted by Crippen LogP contribution is -2.33. The predicted octanol–water partition coefficient (Wildman–Crippen LogP) is 4.01. The van der Waals surface area contributed by atoms with Gasteiger partial charge >= 0.3 is 0 Å². The van der Waals surface area contributed by atoms with E-state index in [1.165, 1.54) is 37.7 Å². The van der Waals surface area contributed by atoms with Crippen LogP contribution in [0.3, 0.4) is 0 Å². The van der Waals surface area contributed by atoms with Crippen molar-refractivity contribution in [2.45, 2.75) is 50.9 Å². The first-order valence-electron chi connectivity index (χ1n) is 7.78. The van der Waals surface area contributed by atoms with E-state index in [2.05, 4.69) is 6.07 Å². The van der Waals surface area contributed by atoms with Gasteiger partial charge < -0.3 is 5.73 Å². The SMILES string of the molecule is NCC1CCc2c(F)cccc2C1C1CCCCC1. The highest BCUT2D eigenvalue weighted by molar-refractivity contribution is 5.35. The Labute approximate surface area is 115 Å². The molecule has 0 saturated heterocycles. The fourth-order valence-corrected chi connectivity index (χ4v) is 4.31. The van der Waals surface area contributed by atoms with Crippen LogP contribution in [0.1, 0.15) is 55.6 Å². The topological polar surface area (TPSA) is 26.0 Å². The van der Waals surface area contributed by atoms with Gasteiger partial charge in [0.05, 0.1) is 0 Å². The number of hydrogen-bond donors (Lipinski definition) is 1. The molecule has 0 aliphatic heterocycles. The second kappa shape index (κ2) is 5.62. The Morgan fingerprint density at radius 3 is 2.63 bits per heavy atom. The van der Waals surface area contributed by atoms with E-state index in [1.54, 1.807) is 6.07 Å². The molecule has 1 nitrogen and oxygen atoms in total. The summed E-state index contributed by atoms with van der Waals surface area (Å²) in [4.78, 5) is 0. The third-order valence-corrected chi connectivity index (χ3v) is 5.25. The molecule has 0 amide bonds. The van der Waals surface area contributed by atoms with Gasteiger partial charge in [-0.2, -0.15) is 0 Å². The van der Waals surface area contributed by atoms with Crippen molar-refractivity contribution in [2.24, 2.45) is 17.6 Å². The van der Waals surface area contributed by atoms with Crippen LogP contribution in [-0.4, -0.2) is 6.54 Å². The minimum Gasteiger partial charge on any atom is -0.330 e. The van der Waals surface area contributed by atoms with Gasteiger partial charge in [0.2, 0.25) is 0 Å². The molecule has 2 N–H and O–H groups in total. The molecule has 2 unspecified atom stereocenters. The molecule has 0 heterocycles. The van der Waals surface area contributed by atoms with E-state index in [1.807, 2.05) is 6.07 Å². The van der Waals surface area contributed by atoms with Gasteiger partial charge in [-0.25, -0.2) is 4.39 Å². The quantitative estimate of drug-likeness (QED) is 0.855. The van der Waals surface area contributed by atoms with Crippen LogP contribution < -0.4 is 5.73 Å². The van der Waals surface area contributed by atoms with Crippen LogP contribution in [0.2, 0.25) is 0 Å². The normalized spacial score (nSPS) is 28.1. The maximum absolute atomic E-state index is 14.0. The molecule has 2 aliphatic rings. The van der Waals surface area contributed by atoms with Crippen LogP contribution in [0.25, 0.3) is 0 Å². The predicted molar refractivity (Wildman–Crippen MR) is 76.6 cm³/mol. The molecule has 1 aromatic rings. The third-order valence-electron chi connectivity index (χ3n) is 5.25. The van der Waals surface area contributed by atoms with Gasteiger partial charge in [0.15, 0.2) is 0 Å². The number of halogens is 1. The summed E-state index contributed by atoms with van der Waals surface area (Å²) in [5, 5.41) is 0. The van der Waals surface area contributed by atoms with Gasteiger partial charge in [-0.05, 0) is 67.2 Å². The first-order valence-corrected chi connectivity index (χ1v) is 7.78. The summed E-state index contributed by atoms with van der Waals surface area (Å²) >= 11 is 0. The van der Waals surface area contributed by atoms with Crippen molar-refractivity contribution in [3.05, 3.63) is 35.1 Å². The van der Waals surface area contributed by atoms with Crippen molar-refractivity contribution >= 4 is 0 Å². The molecule has 104 valence electrons. The molecule has 0 bridgehead atoms. The third kappa shape index (κ3) is 2.43. The van der Waals surface area contributed by atoms with E-state index in [4.69, 9.17) is 5.73 Å². The lowest BCUT2D eigenvalue weighted by atomic mass is 9.65. The molecule has 3 rings (SSSR count). The van der Waals surface area contributed by atoms with E-state index >= 15 is 0 Å². The monoisotopic (exact) mass is 261 g/mol. The Kier molecular flexibility index (Phi) is 3.88. The summed E-state index contributed by atoms with van der Waals surface area (Å²) in [6.45, 7) is 0.747. The van der Waals surface area contributed by atoms with Gasteiger partial charge in [0.1, 0.15) is 5.82 Å². The number of fused-ring (bicyclic) bond motifs is 1. The molecule has 0 aromatic heterocycles. The number of nitrogens with two attached hydrogens (primary N) is 1. The van der Waals surface area contributed by atoms with Crippen LogP contribution in [0.5, 0.6) is 0 Å². The van der Waals surface area contributed by atoms with Crippen LogP contribution in [0.4, 0.5) is 4.39 Å². The highest BCUT2D eigenvalue weighted by atomic mass is 19.1. The first kappa shape index (κ1) is 13.1. The minimum absolute atomic E-state index is 0.00576. The molecular formula is C17H24FN. The Bertz CT molecular complexity index is 437. The fourth-order valence-electron chi connectivity index (χ4n) is 4.31.